The minimum atomic E-state index is 0.466. The van der Waals surface area contributed by atoms with Crippen LogP contribution in [0.2, 0.25) is 0 Å². The molecule has 0 saturated heterocycles. The lowest BCUT2D eigenvalue weighted by Gasteiger charge is -2.14. The van der Waals surface area contributed by atoms with E-state index in [-0.39, 0.29) is 0 Å². The van der Waals surface area contributed by atoms with Crippen molar-refractivity contribution in [3.63, 3.8) is 0 Å². The standard InChI is InChI=1S/C21H26N6OS/c1-7-14(8-2)15-9-12(3)25-27-18(13(4)24-20(15)27)19-16(28-6)10-17(29-19)21-22-11-23-26(21)5/h9-11,14H,7-8H2,1-6H3. The molecular formula is C21H26N6OS. The molecule has 0 aliphatic heterocycles. The predicted octanol–water partition coefficient (Wildman–Crippen LogP) is 4.78. The van der Waals surface area contributed by atoms with Crippen LogP contribution in [0.4, 0.5) is 0 Å². The summed E-state index contributed by atoms with van der Waals surface area (Å²) in [5.41, 5.74) is 5.11. The van der Waals surface area contributed by atoms with E-state index in [4.69, 9.17) is 14.8 Å². The summed E-state index contributed by atoms with van der Waals surface area (Å²) in [6, 6.07) is 4.19. The first kappa shape index (κ1) is 19.6. The summed E-state index contributed by atoms with van der Waals surface area (Å²) in [4.78, 5) is 11.3. The van der Waals surface area contributed by atoms with E-state index < -0.39 is 0 Å². The molecule has 0 spiro atoms. The number of methoxy groups -OCH3 is 1. The van der Waals surface area contributed by atoms with E-state index >= 15 is 0 Å². The van der Waals surface area contributed by atoms with Crippen molar-refractivity contribution < 1.29 is 4.74 Å². The molecule has 0 aliphatic carbocycles. The predicted molar refractivity (Wildman–Crippen MR) is 116 cm³/mol. The van der Waals surface area contributed by atoms with E-state index in [1.54, 1.807) is 29.5 Å². The minimum absolute atomic E-state index is 0.466. The first-order valence-corrected chi connectivity index (χ1v) is 10.7. The van der Waals surface area contributed by atoms with Crippen molar-refractivity contribution in [3.05, 3.63) is 35.4 Å². The number of ether oxygens (including phenoxy) is 1. The van der Waals surface area contributed by atoms with Crippen LogP contribution in [-0.2, 0) is 7.05 Å². The second kappa shape index (κ2) is 7.59. The van der Waals surface area contributed by atoms with Gasteiger partial charge in [-0.1, -0.05) is 13.8 Å². The van der Waals surface area contributed by atoms with Crippen LogP contribution in [-0.4, -0.2) is 36.5 Å². The van der Waals surface area contributed by atoms with Crippen LogP contribution in [0, 0.1) is 13.8 Å². The highest BCUT2D eigenvalue weighted by Crippen LogP contribution is 2.44. The maximum Gasteiger partial charge on any atom is 0.168 e. The molecule has 4 aromatic rings. The second-order valence-corrected chi connectivity index (χ2v) is 8.30. The lowest BCUT2D eigenvalue weighted by atomic mass is 9.95. The Kier molecular flexibility index (Phi) is 5.12. The van der Waals surface area contributed by atoms with Gasteiger partial charge in [0.1, 0.15) is 17.8 Å². The van der Waals surface area contributed by atoms with Gasteiger partial charge in [-0.05, 0) is 38.7 Å². The molecule has 152 valence electrons. The third kappa shape index (κ3) is 3.21. The summed E-state index contributed by atoms with van der Waals surface area (Å²) in [7, 11) is 3.58. The Morgan fingerprint density at radius 3 is 2.55 bits per heavy atom. The third-order valence-electron chi connectivity index (χ3n) is 5.40. The molecule has 29 heavy (non-hydrogen) atoms. The zero-order valence-electron chi connectivity index (χ0n) is 17.7. The van der Waals surface area contributed by atoms with Crippen molar-refractivity contribution in [3.8, 4) is 27.0 Å². The van der Waals surface area contributed by atoms with Crippen LogP contribution in [0.25, 0.3) is 26.9 Å². The Balaban J connectivity index is 1.97. The van der Waals surface area contributed by atoms with Crippen LogP contribution in [0.15, 0.2) is 18.5 Å². The molecule has 0 fully saturated rings. The molecule has 4 aromatic heterocycles. The molecule has 0 saturated carbocycles. The SMILES string of the molecule is CCC(CC)c1cc(C)nn2c(-c3sc(-c4ncnn4C)cc3OC)c(C)nc12. The summed E-state index contributed by atoms with van der Waals surface area (Å²) < 4.78 is 9.49. The van der Waals surface area contributed by atoms with E-state index in [9.17, 15) is 0 Å². The molecule has 0 aromatic carbocycles. The zero-order valence-corrected chi connectivity index (χ0v) is 18.5. The van der Waals surface area contributed by atoms with Crippen molar-refractivity contribution in [2.75, 3.05) is 7.11 Å². The van der Waals surface area contributed by atoms with Gasteiger partial charge in [-0.25, -0.2) is 19.2 Å². The molecule has 8 heteroatoms. The molecule has 0 aliphatic rings. The molecule has 0 unspecified atom stereocenters. The Morgan fingerprint density at radius 2 is 1.93 bits per heavy atom. The lowest BCUT2D eigenvalue weighted by Crippen LogP contribution is -2.05. The average Bonchev–Trinajstić information content (AvgIpc) is 3.38. The number of hydrogen-bond donors (Lipinski definition) is 0. The van der Waals surface area contributed by atoms with Crippen LogP contribution in [0.1, 0.15) is 49.6 Å². The van der Waals surface area contributed by atoms with Gasteiger partial charge in [-0.3, -0.25) is 0 Å². The maximum atomic E-state index is 5.73. The number of imidazole rings is 1. The molecule has 0 radical (unpaired) electrons. The van der Waals surface area contributed by atoms with Crippen molar-refractivity contribution in [2.45, 2.75) is 46.5 Å². The van der Waals surface area contributed by atoms with Crippen molar-refractivity contribution in [1.29, 1.82) is 0 Å². The summed E-state index contributed by atoms with van der Waals surface area (Å²) in [6.45, 7) is 8.54. The molecular weight excluding hydrogens is 384 g/mol. The highest BCUT2D eigenvalue weighted by molar-refractivity contribution is 7.19. The van der Waals surface area contributed by atoms with Crippen LogP contribution in [0.3, 0.4) is 0 Å². The number of nitrogens with zero attached hydrogens (tertiary/aromatic N) is 6. The van der Waals surface area contributed by atoms with Crippen LogP contribution >= 0.6 is 11.3 Å². The molecule has 0 amide bonds. The largest absolute Gasteiger partial charge is 0.495 e. The number of aromatic nitrogens is 6. The maximum absolute atomic E-state index is 5.73. The number of rotatable bonds is 6. The highest BCUT2D eigenvalue weighted by Gasteiger charge is 2.24. The fourth-order valence-corrected chi connectivity index (χ4v) is 5.12. The van der Waals surface area contributed by atoms with Gasteiger partial charge in [0.25, 0.3) is 0 Å². The molecule has 7 nitrogen and oxygen atoms in total. The smallest absolute Gasteiger partial charge is 0.168 e. The van der Waals surface area contributed by atoms with E-state index in [0.717, 1.165) is 56.9 Å². The van der Waals surface area contributed by atoms with E-state index in [1.165, 1.54) is 5.56 Å². The number of hydrogen-bond acceptors (Lipinski definition) is 6. The van der Waals surface area contributed by atoms with E-state index in [1.807, 2.05) is 31.5 Å². The Bertz CT molecular complexity index is 1170. The van der Waals surface area contributed by atoms with Gasteiger partial charge in [-0.15, -0.1) is 11.3 Å². The Morgan fingerprint density at radius 1 is 1.17 bits per heavy atom. The van der Waals surface area contributed by atoms with Gasteiger partial charge >= 0.3 is 0 Å². The topological polar surface area (TPSA) is 70.1 Å². The summed E-state index contributed by atoms with van der Waals surface area (Å²) in [6.07, 6.45) is 3.72. The second-order valence-electron chi connectivity index (χ2n) is 7.25. The van der Waals surface area contributed by atoms with Crippen molar-refractivity contribution in [2.24, 2.45) is 7.05 Å². The number of aryl methyl sites for hydroxylation is 3. The van der Waals surface area contributed by atoms with Crippen LogP contribution in [0.5, 0.6) is 5.75 Å². The van der Waals surface area contributed by atoms with Crippen molar-refractivity contribution in [1.82, 2.24) is 29.4 Å². The molecule has 0 bridgehead atoms. The quantitative estimate of drug-likeness (QED) is 0.457. The van der Waals surface area contributed by atoms with Crippen molar-refractivity contribution >= 4 is 17.0 Å². The van der Waals surface area contributed by atoms with Gasteiger partial charge in [0, 0.05) is 18.7 Å². The van der Waals surface area contributed by atoms with Crippen LogP contribution < -0.4 is 4.74 Å². The fourth-order valence-electron chi connectivity index (χ4n) is 3.89. The van der Waals surface area contributed by atoms with Gasteiger partial charge in [-0.2, -0.15) is 10.2 Å². The summed E-state index contributed by atoms with van der Waals surface area (Å²) in [5, 5.41) is 9.01. The number of fused-ring (bicyclic) bond motifs is 1. The highest BCUT2D eigenvalue weighted by atomic mass is 32.1. The Labute approximate surface area is 174 Å². The molecule has 0 N–H and O–H groups in total. The van der Waals surface area contributed by atoms with Gasteiger partial charge in [0.2, 0.25) is 0 Å². The molecule has 0 atom stereocenters. The van der Waals surface area contributed by atoms with Gasteiger partial charge in [0.05, 0.1) is 28.3 Å². The first-order valence-electron chi connectivity index (χ1n) is 9.87. The zero-order chi connectivity index (χ0) is 20.7. The normalized spacial score (nSPS) is 11.7. The van der Waals surface area contributed by atoms with E-state index in [2.05, 4.69) is 30.0 Å². The fraction of sp³-hybridized carbons (Fsp3) is 0.429. The van der Waals surface area contributed by atoms with E-state index in [0.29, 0.717) is 5.92 Å². The molecule has 4 rings (SSSR count). The average molecular weight is 411 g/mol. The first-order chi connectivity index (χ1) is 14.0. The monoisotopic (exact) mass is 410 g/mol. The van der Waals surface area contributed by atoms with Gasteiger partial charge < -0.3 is 4.74 Å². The lowest BCUT2D eigenvalue weighted by molar-refractivity contribution is 0.418. The third-order valence-corrected chi connectivity index (χ3v) is 6.52. The Hall–Kier alpha value is -2.74. The summed E-state index contributed by atoms with van der Waals surface area (Å²) >= 11 is 1.63. The number of thiophene rings is 1. The summed E-state index contributed by atoms with van der Waals surface area (Å²) in [5.74, 6) is 2.08. The minimum Gasteiger partial charge on any atom is -0.495 e. The molecule has 4 heterocycles. The van der Waals surface area contributed by atoms with Gasteiger partial charge in [0.15, 0.2) is 11.5 Å².